The molecule has 0 aliphatic carbocycles. The molecule has 0 bridgehead atoms. The Morgan fingerprint density at radius 3 is 2.33 bits per heavy atom. The lowest BCUT2D eigenvalue weighted by molar-refractivity contribution is 0.111. The number of cyclic esters (lactones) is 1. The van der Waals surface area contributed by atoms with Crippen LogP contribution in [0.15, 0.2) is 114 Å². The number of para-hydroxylation sites is 3. The quantitative estimate of drug-likeness (QED) is 0.240. The molecular weight excluding hydrogens is 500 g/mol. The molecule has 5 aromatic rings. The molecule has 2 aliphatic rings. The molecule has 7 heteroatoms. The predicted molar refractivity (Wildman–Crippen MR) is 153 cm³/mol. The molecule has 40 heavy (non-hydrogen) atoms. The van der Waals surface area contributed by atoms with Crippen LogP contribution >= 0.6 is 0 Å². The first kappa shape index (κ1) is 24.0. The van der Waals surface area contributed by atoms with Crippen LogP contribution in [0.5, 0.6) is 5.75 Å². The normalized spacial score (nSPS) is 19.8. The van der Waals surface area contributed by atoms with Crippen molar-refractivity contribution in [3.05, 3.63) is 126 Å². The summed E-state index contributed by atoms with van der Waals surface area (Å²) >= 11 is 0. The number of nitrogens with zero attached hydrogens (tertiary/aromatic N) is 4. The van der Waals surface area contributed by atoms with Crippen LogP contribution in [0.4, 0.5) is 4.79 Å². The van der Waals surface area contributed by atoms with Gasteiger partial charge >= 0.3 is 6.09 Å². The zero-order valence-electron chi connectivity index (χ0n) is 21.7. The lowest BCUT2D eigenvalue weighted by atomic mass is 9.82. The van der Waals surface area contributed by atoms with Gasteiger partial charge in [0.15, 0.2) is 5.60 Å². The van der Waals surface area contributed by atoms with Gasteiger partial charge in [-0.2, -0.15) is 10.1 Å². The van der Waals surface area contributed by atoms with Gasteiger partial charge in [-0.05, 0) is 36.2 Å². The summed E-state index contributed by atoms with van der Waals surface area (Å²) in [6.07, 6.45) is 2.27. The van der Waals surface area contributed by atoms with Crippen molar-refractivity contribution in [2.45, 2.75) is 24.5 Å². The Morgan fingerprint density at radius 1 is 0.850 bits per heavy atom. The van der Waals surface area contributed by atoms with Crippen molar-refractivity contribution in [1.29, 1.82) is 0 Å². The van der Waals surface area contributed by atoms with E-state index in [2.05, 4.69) is 5.10 Å². The molecule has 1 fully saturated rings. The maximum Gasteiger partial charge on any atom is 0.430 e. The number of hydrazone groups is 1. The number of hydrogen-bond donors (Lipinski definition) is 0. The molecular formula is C33H26N4O3. The van der Waals surface area contributed by atoms with Crippen LogP contribution in [0.2, 0.25) is 0 Å². The Hall–Kier alpha value is -5.04. The molecule has 0 radical (unpaired) electrons. The summed E-state index contributed by atoms with van der Waals surface area (Å²) in [5, 5.41) is 6.08. The maximum atomic E-state index is 12.7. The molecule has 1 saturated heterocycles. The third kappa shape index (κ3) is 4.16. The first-order valence-electron chi connectivity index (χ1n) is 13.3. The predicted octanol–water partition coefficient (Wildman–Crippen LogP) is 6.37. The van der Waals surface area contributed by atoms with Crippen LogP contribution in [0, 0.1) is 0 Å². The third-order valence-corrected chi connectivity index (χ3v) is 7.45. The van der Waals surface area contributed by atoms with Gasteiger partial charge in [0.05, 0.1) is 17.1 Å². The number of fused-ring (bicyclic) bond motifs is 4. The molecule has 0 saturated carbocycles. The number of carbonyl (C=O) groups is 1. The van der Waals surface area contributed by atoms with Crippen molar-refractivity contribution in [3.63, 3.8) is 0 Å². The minimum Gasteiger partial charge on any atom is -0.475 e. The van der Waals surface area contributed by atoms with Crippen molar-refractivity contribution in [2.75, 3.05) is 6.61 Å². The van der Waals surface area contributed by atoms with Crippen LogP contribution in [-0.2, 0) is 16.8 Å². The summed E-state index contributed by atoms with van der Waals surface area (Å²) < 4.78 is 12.2. The van der Waals surface area contributed by atoms with E-state index in [9.17, 15) is 4.79 Å². The third-order valence-electron chi connectivity index (χ3n) is 7.45. The summed E-state index contributed by atoms with van der Waals surface area (Å²) in [4.78, 5) is 22.8. The standard InChI is InChI=1S/C33H26N4O3/c38-32-37(25(22-39-32)21-23-11-3-1-4-12-23)34-20-19-33(24-13-5-2-6-14-24)31-30(26-15-7-10-18-29(26)40-33)35-27-16-8-9-17-28(27)36-31/h1-18,20,25H,19,21-22H2/b34-20+/t25-,33-/m0/s1. The zero-order chi connectivity index (χ0) is 26.9. The van der Waals surface area contributed by atoms with Gasteiger partial charge in [0.2, 0.25) is 0 Å². The average molecular weight is 527 g/mol. The monoisotopic (exact) mass is 526 g/mol. The molecule has 0 spiro atoms. The van der Waals surface area contributed by atoms with Crippen molar-refractivity contribution in [1.82, 2.24) is 15.0 Å². The second-order valence-electron chi connectivity index (χ2n) is 9.97. The molecule has 196 valence electrons. The van der Waals surface area contributed by atoms with Crippen molar-refractivity contribution < 1.29 is 14.3 Å². The van der Waals surface area contributed by atoms with Crippen LogP contribution in [0.25, 0.3) is 22.3 Å². The number of hydrogen-bond acceptors (Lipinski definition) is 6. The van der Waals surface area contributed by atoms with E-state index in [1.54, 1.807) is 6.21 Å². The Kier molecular flexibility index (Phi) is 5.96. The molecule has 0 N–H and O–H groups in total. The minimum absolute atomic E-state index is 0.192. The van der Waals surface area contributed by atoms with Gasteiger partial charge in [-0.1, -0.05) is 84.9 Å². The number of rotatable bonds is 6. The molecule has 1 amide bonds. The highest BCUT2D eigenvalue weighted by Gasteiger charge is 2.45. The first-order valence-corrected chi connectivity index (χ1v) is 13.3. The fourth-order valence-electron chi connectivity index (χ4n) is 5.50. The Morgan fingerprint density at radius 2 is 1.52 bits per heavy atom. The van der Waals surface area contributed by atoms with Gasteiger partial charge in [-0.25, -0.2) is 14.8 Å². The van der Waals surface area contributed by atoms with Crippen molar-refractivity contribution >= 4 is 23.3 Å². The van der Waals surface area contributed by atoms with Gasteiger partial charge in [0.25, 0.3) is 0 Å². The lowest BCUT2D eigenvalue weighted by Crippen LogP contribution is -2.39. The van der Waals surface area contributed by atoms with E-state index >= 15 is 0 Å². The molecule has 7 nitrogen and oxygen atoms in total. The summed E-state index contributed by atoms with van der Waals surface area (Å²) in [5.41, 5.74) is 5.02. The molecule has 2 atom stereocenters. The summed E-state index contributed by atoms with van der Waals surface area (Å²) in [7, 11) is 0. The van der Waals surface area contributed by atoms with E-state index in [1.165, 1.54) is 5.01 Å². The first-order chi connectivity index (χ1) is 19.7. The SMILES string of the molecule is O=C1OC[C@H](Cc2ccccc2)N1/N=C/C[C@@]1(c2ccccc2)Oc2ccccc2-c2nc3ccccc3nc21. The fraction of sp³-hybridized carbons (Fsp3) is 0.152. The highest BCUT2D eigenvalue weighted by Crippen LogP contribution is 2.48. The summed E-state index contributed by atoms with van der Waals surface area (Å²) in [6.45, 7) is 0.291. The second-order valence-corrected chi connectivity index (χ2v) is 9.97. The lowest BCUT2D eigenvalue weighted by Gasteiger charge is -2.38. The van der Waals surface area contributed by atoms with Gasteiger partial charge < -0.3 is 9.47 Å². The van der Waals surface area contributed by atoms with Crippen molar-refractivity contribution in [3.8, 4) is 17.0 Å². The van der Waals surface area contributed by atoms with Gasteiger partial charge in [-0.15, -0.1) is 0 Å². The Bertz CT molecular complexity index is 1720. The molecule has 1 aromatic heterocycles. The van der Waals surface area contributed by atoms with Gasteiger partial charge in [0, 0.05) is 23.8 Å². The second kappa shape index (κ2) is 9.93. The molecule has 4 aromatic carbocycles. The topological polar surface area (TPSA) is 76.9 Å². The van der Waals surface area contributed by atoms with E-state index in [0.717, 1.165) is 39.2 Å². The van der Waals surface area contributed by atoms with Gasteiger partial charge in [-0.3, -0.25) is 0 Å². The van der Waals surface area contributed by atoms with E-state index in [0.29, 0.717) is 25.1 Å². The Balaban J connectivity index is 1.32. The molecule has 2 aliphatic heterocycles. The minimum atomic E-state index is -1.01. The summed E-state index contributed by atoms with van der Waals surface area (Å²) in [5.74, 6) is 0.722. The van der Waals surface area contributed by atoms with Crippen LogP contribution < -0.4 is 4.74 Å². The van der Waals surface area contributed by atoms with E-state index in [4.69, 9.17) is 19.4 Å². The molecule has 7 rings (SSSR count). The largest absolute Gasteiger partial charge is 0.475 e. The van der Waals surface area contributed by atoms with Crippen molar-refractivity contribution in [2.24, 2.45) is 5.10 Å². The van der Waals surface area contributed by atoms with E-state index < -0.39 is 11.7 Å². The number of benzene rings is 4. The zero-order valence-corrected chi connectivity index (χ0v) is 21.7. The Labute approximate surface area is 231 Å². The van der Waals surface area contributed by atoms with E-state index in [1.807, 2.05) is 109 Å². The van der Waals surface area contributed by atoms with Crippen LogP contribution in [-0.4, -0.2) is 39.9 Å². The molecule has 3 heterocycles. The fourth-order valence-corrected chi connectivity index (χ4v) is 5.50. The highest BCUT2D eigenvalue weighted by atomic mass is 16.6. The van der Waals surface area contributed by atoms with Crippen LogP contribution in [0.1, 0.15) is 23.2 Å². The van der Waals surface area contributed by atoms with Crippen LogP contribution in [0.3, 0.4) is 0 Å². The number of aromatic nitrogens is 2. The smallest absolute Gasteiger partial charge is 0.430 e. The number of amides is 1. The average Bonchev–Trinajstić information content (AvgIpc) is 3.35. The molecule has 0 unspecified atom stereocenters. The summed E-state index contributed by atoms with van der Waals surface area (Å²) in [6, 6.07) is 35.6. The maximum absolute atomic E-state index is 12.7. The number of carbonyl (C=O) groups excluding carboxylic acids is 1. The number of ether oxygens (including phenoxy) is 2. The van der Waals surface area contributed by atoms with E-state index in [-0.39, 0.29) is 6.04 Å². The van der Waals surface area contributed by atoms with Gasteiger partial charge in [0.1, 0.15) is 23.7 Å². The highest BCUT2D eigenvalue weighted by molar-refractivity contribution is 5.83.